The highest BCUT2D eigenvalue weighted by Gasteiger charge is 2.15. The fourth-order valence-electron chi connectivity index (χ4n) is 2.43. The summed E-state index contributed by atoms with van der Waals surface area (Å²) in [5, 5.41) is 21.6. The first-order valence-electron chi connectivity index (χ1n) is 7.95. The molecule has 0 saturated heterocycles. The minimum absolute atomic E-state index is 0.111. The molecule has 1 heterocycles. The molecule has 3 rings (SSSR count). The molecule has 1 amide bonds. The van der Waals surface area contributed by atoms with E-state index in [9.17, 15) is 9.90 Å². The average Bonchev–Trinajstić information content (AvgIpc) is 3.10. The molecule has 0 aliphatic carbocycles. The topological polar surface area (TPSA) is 89.3 Å². The molecule has 0 radical (unpaired) electrons. The largest absolute Gasteiger partial charge is 0.495 e. The normalized spacial score (nSPS) is 11.9. The van der Waals surface area contributed by atoms with Gasteiger partial charge >= 0.3 is 0 Å². The van der Waals surface area contributed by atoms with Gasteiger partial charge in [-0.3, -0.25) is 4.79 Å². The van der Waals surface area contributed by atoms with Crippen molar-refractivity contribution in [1.82, 2.24) is 15.0 Å². The number of methoxy groups -OCH3 is 1. The molecule has 140 valence electrons. The number of nitrogens with zero attached hydrogens (tertiary/aromatic N) is 3. The van der Waals surface area contributed by atoms with Crippen LogP contribution < -0.4 is 10.1 Å². The van der Waals surface area contributed by atoms with Crippen molar-refractivity contribution < 1.29 is 14.6 Å². The second-order valence-electron chi connectivity index (χ2n) is 5.70. The van der Waals surface area contributed by atoms with Crippen molar-refractivity contribution in [1.29, 1.82) is 0 Å². The van der Waals surface area contributed by atoms with E-state index in [1.807, 2.05) is 0 Å². The lowest BCUT2D eigenvalue weighted by Crippen LogP contribution is -2.12. The van der Waals surface area contributed by atoms with Crippen LogP contribution in [0.1, 0.15) is 22.2 Å². The summed E-state index contributed by atoms with van der Waals surface area (Å²) in [5.41, 5.74) is 1.26. The summed E-state index contributed by atoms with van der Waals surface area (Å²) in [6.07, 6.45) is 0.621. The Bertz CT molecular complexity index is 961. The highest BCUT2D eigenvalue weighted by molar-refractivity contribution is 6.32. The van der Waals surface area contributed by atoms with E-state index in [1.165, 1.54) is 18.0 Å². The van der Waals surface area contributed by atoms with Crippen molar-refractivity contribution in [2.24, 2.45) is 0 Å². The molecule has 1 atom stereocenters. The van der Waals surface area contributed by atoms with Crippen molar-refractivity contribution in [2.45, 2.75) is 12.6 Å². The Balaban J connectivity index is 1.66. The summed E-state index contributed by atoms with van der Waals surface area (Å²) < 4.78 is 6.46. The van der Waals surface area contributed by atoms with Gasteiger partial charge < -0.3 is 15.2 Å². The zero-order chi connectivity index (χ0) is 19.4. The van der Waals surface area contributed by atoms with E-state index >= 15 is 0 Å². The Morgan fingerprint density at radius 3 is 2.81 bits per heavy atom. The van der Waals surface area contributed by atoms with Gasteiger partial charge in [0.2, 0.25) is 0 Å². The maximum atomic E-state index is 12.3. The third-order valence-electron chi connectivity index (χ3n) is 3.77. The Hall–Kier alpha value is -2.61. The number of aromatic nitrogens is 3. The van der Waals surface area contributed by atoms with Crippen molar-refractivity contribution in [3.8, 4) is 5.75 Å². The highest BCUT2D eigenvalue weighted by Crippen LogP contribution is 2.27. The van der Waals surface area contributed by atoms with Crippen molar-refractivity contribution in [3.63, 3.8) is 0 Å². The van der Waals surface area contributed by atoms with Crippen LogP contribution in [0.5, 0.6) is 5.75 Å². The third-order valence-corrected chi connectivity index (χ3v) is 4.30. The first-order valence-corrected chi connectivity index (χ1v) is 8.70. The van der Waals surface area contributed by atoms with Gasteiger partial charge in [-0.1, -0.05) is 40.5 Å². The summed E-state index contributed by atoms with van der Waals surface area (Å²) in [7, 11) is 1.51. The number of hydrogen-bond donors (Lipinski definition) is 2. The van der Waals surface area contributed by atoms with E-state index in [2.05, 4.69) is 15.6 Å². The number of amides is 1. The van der Waals surface area contributed by atoms with Gasteiger partial charge in [0.25, 0.3) is 5.91 Å². The first kappa shape index (κ1) is 19.2. The lowest BCUT2D eigenvalue weighted by molar-refractivity contribution is 0.102. The molecule has 0 aliphatic rings. The smallest absolute Gasteiger partial charge is 0.277 e. The Labute approximate surface area is 165 Å². The van der Waals surface area contributed by atoms with Gasteiger partial charge in [-0.15, -0.1) is 5.10 Å². The van der Waals surface area contributed by atoms with Gasteiger partial charge in [0.05, 0.1) is 31.0 Å². The molecular formula is C18H16Cl2N4O3. The van der Waals surface area contributed by atoms with Crippen LogP contribution in [-0.2, 0) is 6.54 Å². The molecule has 1 unspecified atom stereocenters. The third kappa shape index (κ3) is 4.77. The molecule has 3 aromatic rings. The van der Waals surface area contributed by atoms with Crippen molar-refractivity contribution in [2.75, 3.05) is 12.4 Å². The van der Waals surface area contributed by atoms with Crippen LogP contribution in [0.15, 0.2) is 48.7 Å². The molecule has 7 nitrogen and oxygen atoms in total. The molecule has 0 saturated carbocycles. The Kier molecular flexibility index (Phi) is 5.95. The Morgan fingerprint density at radius 1 is 1.30 bits per heavy atom. The standard InChI is InChI=1S/C18H16Cl2N4O3/c1-27-17-6-5-13(8-14(17)20)21-18(26)15-9-24(23-22-15)10-16(25)11-3-2-4-12(19)7-11/h2-9,16,25H,10H2,1H3,(H,21,26). The average molecular weight is 407 g/mol. The summed E-state index contributed by atoms with van der Waals surface area (Å²) in [4.78, 5) is 12.3. The van der Waals surface area contributed by atoms with Crippen LogP contribution in [0, 0.1) is 0 Å². The van der Waals surface area contributed by atoms with E-state index in [4.69, 9.17) is 27.9 Å². The fraction of sp³-hybridized carbons (Fsp3) is 0.167. The molecule has 9 heteroatoms. The van der Waals surface area contributed by atoms with Crippen LogP contribution in [0.4, 0.5) is 5.69 Å². The van der Waals surface area contributed by atoms with Crippen LogP contribution in [0.2, 0.25) is 10.0 Å². The highest BCUT2D eigenvalue weighted by atomic mass is 35.5. The zero-order valence-corrected chi connectivity index (χ0v) is 15.8. The minimum atomic E-state index is -0.832. The lowest BCUT2D eigenvalue weighted by atomic mass is 10.1. The second kappa shape index (κ2) is 8.39. The SMILES string of the molecule is COc1ccc(NC(=O)c2cn(CC(O)c3cccc(Cl)c3)nn2)cc1Cl. The first-order chi connectivity index (χ1) is 13.0. The van der Waals surface area contributed by atoms with E-state index in [0.717, 1.165) is 0 Å². The molecule has 2 aromatic carbocycles. The summed E-state index contributed by atoms with van der Waals surface area (Å²) in [5.74, 6) is 0.0651. The van der Waals surface area contributed by atoms with Crippen LogP contribution in [0.3, 0.4) is 0 Å². The van der Waals surface area contributed by atoms with E-state index in [1.54, 1.807) is 42.5 Å². The molecule has 0 aliphatic heterocycles. The maximum absolute atomic E-state index is 12.3. The monoisotopic (exact) mass is 406 g/mol. The van der Waals surface area contributed by atoms with Gasteiger partial charge in [-0.05, 0) is 35.9 Å². The van der Waals surface area contributed by atoms with Gasteiger partial charge in [0.1, 0.15) is 5.75 Å². The molecule has 0 spiro atoms. The number of carbonyl (C=O) groups is 1. The minimum Gasteiger partial charge on any atom is -0.495 e. The van der Waals surface area contributed by atoms with Crippen molar-refractivity contribution >= 4 is 34.8 Å². The molecule has 27 heavy (non-hydrogen) atoms. The molecule has 1 aromatic heterocycles. The van der Waals surface area contributed by atoms with Crippen LogP contribution in [0.25, 0.3) is 0 Å². The number of halogens is 2. The molecular weight excluding hydrogens is 391 g/mol. The zero-order valence-electron chi connectivity index (χ0n) is 14.3. The number of aliphatic hydroxyl groups is 1. The Morgan fingerprint density at radius 2 is 2.11 bits per heavy atom. The molecule has 0 fully saturated rings. The number of anilines is 1. The van der Waals surface area contributed by atoms with Crippen LogP contribution >= 0.6 is 23.2 Å². The molecule has 0 bridgehead atoms. The molecule has 2 N–H and O–H groups in total. The van der Waals surface area contributed by atoms with E-state index in [-0.39, 0.29) is 12.2 Å². The number of nitrogens with one attached hydrogen (secondary N) is 1. The maximum Gasteiger partial charge on any atom is 0.277 e. The van der Waals surface area contributed by atoms with E-state index in [0.29, 0.717) is 27.0 Å². The van der Waals surface area contributed by atoms with Crippen molar-refractivity contribution in [3.05, 3.63) is 70.0 Å². The van der Waals surface area contributed by atoms with Crippen LogP contribution in [-0.4, -0.2) is 33.1 Å². The predicted molar refractivity (Wildman–Crippen MR) is 102 cm³/mol. The lowest BCUT2D eigenvalue weighted by Gasteiger charge is -2.10. The van der Waals surface area contributed by atoms with Gasteiger partial charge in [-0.25, -0.2) is 4.68 Å². The second-order valence-corrected chi connectivity index (χ2v) is 6.54. The van der Waals surface area contributed by atoms with Gasteiger partial charge in [0, 0.05) is 10.7 Å². The fourth-order valence-corrected chi connectivity index (χ4v) is 2.88. The number of rotatable bonds is 6. The predicted octanol–water partition coefficient (Wildman–Crippen LogP) is 3.58. The number of aliphatic hydroxyl groups excluding tert-OH is 1. The quantitative estimate of drug-likeness (QED) is 0.652. The number of ether oxygens (including phenoxy) is 1. The van der Waals surface area contributed by atoms with E-state index < -0.39 is 12.0 Å². The number of hydrogen-bond acceptors (Lipinski definition) is 5. The van der Waals surface area contributed by atoms with Gasteiger partial charge in [-0.2, -0.15) is 0 Å². The summed E-state index contributed by atoms with van der Waals surface area (Å²) >= 11 is 12.0. The summed E-state index contributed by atoms with van der Waals surface area (Å²) in [6, 6.07) is 11.8. The number of benzene rings is 2. The number of carbonyl (C=O) groups excluding carboxylic acids is 1. The summed E-state index contributed by atoms with van der Waals surface area (Å²) in [6.45, 7) is 0.134. The van der Waals surface area contributed by atoms with Gasteiger partial charge in [0.15, 0.2) is 5.69 Å².